The molecule has 140 valence electrons. The number of carboxylic acid groups (broad SMARTS) is 1. The number of hydrogen-bond acceptors (Lipinski definition) is 4. The van der Waals surface area contributed by atoms with Crippen molar-refractivity contribution in [3.63, 3.8) is 0 Å². The van der Waals surface area contributed by atoms with E-state index in [4.69, 9.17) is 5.11 Å². The van der Waals surface area contributed by atoms with E-state index in [1.807, 2.05) is 13.0 Å². The van der Waals surface area contributed by atoms with Gasteiger partial charge in [-0.1, -0.05) is 19.1 Å². The SMILES string of the molecule is CCCn1cc(S(=O)(=O)N2CCC[C@@H](c3cccc(C(=O)O)c3)C2)cn1. The number of carbonyl (C=O) groups is 1. The number of piperidine rings is 1. The Kier molecular flexibility index (Phi) is 5.43. The molecule has 8 heteroatoms. The van der Waals surface area contributed by atoms with Crippen LogP contribution in [0.15, 0.2) is 41.6 Å². The van der Waals surface area contributed by atoms with Crippen LogP contribution in [0.5, 0.6) is 0 Å². The molecular formula is C18H23N3O4S. The molecule has 1 fully saturated rings. The number of hydrogen-bond donors (Lipinski definition) is 1. The number of nitrogens with zero attached hydrogens (tertiary/aromatic N) is 3. The van der Waals surface area contributed by atoms with Gasteiger partial charge in [0, 0.05) is 25.8 Å². The lowest BCUT2D eigenvalue weighted by atomic mass is 9.91. The summed E-state index contributed by atoms with van der Waals surface area (Å²) < 4.78 is 29.0. The quantitative estimate of drug-likeness (QED) is 0.835. The number of sulfonamides is 1. The van der Waals surface area contributed by atoms with Crippen molar-refractivity contribution in [2.75, 3.05) is 13.1 Å². The van der Waals surface area contributed by atoms with E-state index < -0.39 is 16.0 Å². The van der Waals surface area contributed by atoms with E-state index in [2.05, 4.69) is 5.10 Å². The van der Waals surface area contributed by atoms with Gasteiger partial charge in [-0.05, 0) is 42.9 Å². The summed E-state index contributed by atoms with van der Waals surface area (Å²) in [7, 11) is -3.59. The summed E-state index contributed by atoms with van der Waals surface area (Å²) >= 11 is 0. The van der Waals surface area contributed by atoms with Gasteiger partial charge in [0.25, 0.3) is 0 Å². The zero-order valence-corrected chi connectivity index (χ0v) is 15.5. The maximum atomic E-state index is 12.9. The van der Waals surface area contributed by atoms with E-state index >= 15 is 0 Å². The fourth-order valence-corrected chi connectivity index (χ4v) is 4.82. The number of aryl methyl sites for hydroxylation is 1. The maximum Gasteiger partial charge on any atom is 0.335 e. The minimum atomic E-state index is -3.59. The molecule has 26 heavy (non-hydrogen) atoms. The van der Waals surface area contributed by atoms with Gasteiger partial charge in [0.1, 0.15) is 4.90 Å². The molecule has 1 N–H and O–H groups in total. The van der Waals surface area contributed by atoms with Crippen molar-refractivity contribution in [2.45, 2.75) is 43.5 Å². The van der Waals surface area contributed by atoms with Crippen molar-refractivity contribution >= 4 is 16.0 Å². The summed E-state index contributed by atoms with van der Waals surface area (Å²) in [6.45, 7) is 3.51. The van der Waals surface area contributed by atoms with Gasteiger partial charge >= 0.3 is 5.97 Å². The molecule has 1 aliphatic rings. The van der Waals surface area contributed by atoms with Gasteiger partial charge in [0.05, 0.1) is 11.8 Å². The van der Waals surface area contributed by atoms with E-state index in [9.17, 15) is 13.2 Å². The van der Waals surface area contributed by atoms with Crippen LogP contribution in [0.4, 0.5) is 0 Å². The highest BCUT2D eigenvalue weighted by Crippen LogP contribution is 2.30. The highest BCUT2D eigenvalue weighted by molar-refractivity contribution is 7.89. The Morgan fingerprint density at radius 1 is 1.38 bits per heavy atom. The molecule has 0 radical (unpaired) electrons. The molecule has 0 aliphatic carbocycles. The molecule has 0 amide bonds. The first-order valence-corrected chi connectivity index (χ1v) is 10.2. The van der Waals surface area contributed by atoms with Crippen LogP contribution in [-0.4, -0.2) is 46.7 Å². The van der Waals surface area contributed by atoms with Crippen LogP contribution in [0, 0.1) is 0 Å². The van der Waals surface area contributed by atoms with E-state index in [1.165, 1.54) is 10.5 Å². The number of rotatable bonds is 6. The monoisotopic (exact) mass is 377 g/mol. The van der Waals surface area contributed by atoms with E-state index in [-0.39, 0.29) is 16.4 Å². The summed E-state index contributed by atoms with van der Waals surface area (Å²) in [5, 5.41) is 13.3. The molecule has 0 bridgehead atoms. The molecule has 1 saturated heterocycles. The van der Waals surface area contributed by atoms with Crippen molar-refractivity contribution in [1.82, 2.24) is 14.1 Å². The molecule has 0 saturated carbocycles. The molecule has 1 aromatic heterocycles. The molecule has 1 aliphatic heterocycles. The molecule has 1 atom stereocenters. The smallest absolute Gasteiger partial charge is 0.335 e. The van der Waals surface area contributed by atoms with Gasteiger partial charge in [-0.15, -0.1) is 0 Å². The molecule has 0 spiro atoms. The first kappa shape index (κ1) is 18.6. The minimum absolute atomic E-state index is 0.0106. The predicted molar refractivity (Wildman–Crippen MR) is 96.7 cm³/mol. The molecule has 7 nitrogen and oxygen atoms in total. The maximum absolute atomic E-state index is 12.9. The second-order valence-corrected chi connectivity index (χ2v) is 8.51. The highest BCUT2D eigenvalue weighted by atomic mass is 32.2. The summed E-state index contributed by atoms with van der Waals surface area (Å²) in [5.41, 5.74) is 1.09. The number of aromatic nitrogens is 2. The van der Waals surface area contributed by atoms with Crippen LogP contribution in [0.3, 0.4) is 0 Å². The summed E-state index contributed by atoms with van der Waals surface area (Å²) in [4.78, 5) is 11.4. The van der Waals surface area contributed by atoms with Crippen molar-refractivity contribution in [2.24, 2.45) is 0 Å². The first-order valence-electron chi connectivity index (χ1n) is 8.77. The average molecular weight is 377 g/mol. The fourth-order valence-electron chi connectivity index (χ4n) is 3.34. The zero-order valence-electron chi connectivity index (χ0n) is 14.7. The van der Waals surface area contributed by atoms with Crippen LogP contribution in [0.2, 0.25) is 0 Å². The average Bonchev–Trinajstić information content (AvgIpc) is 3.12. The van der Waals surface area contributed by atoms with Crippen LogP contribution in [-0.2, 0) is 16.6 Å². The Balaban J connectivity index is 1.81. The Labute approximate surface area is 153 Å². The Hall–Kier alpha value is -2.19. The van der Waals surface area contributed by atoms with Crippen molar-refractivity contribution in [3.05, 3.63) is 47.8 Å². The van der Waals surface area contributed by atoms with Gasteiger partial charge < -0.3 is 5.11 Å². The Morgan fingerprint density at radius 3 is 2.92 bits per heavy atom. The van der Waals surface area contributed by atoms with Gasteiger partial charge in [0.15, 0.2) is 0 Å². The van der Waals surface area contributed by atoms with E-state index in [1.54, 1.807) is 29.1 Å². The molecule has 2 aromatic rings. The summed E-state index contributed by atoms with van der Waals surface area (Å²) in [6.07, 6.45) is 5.44. The van der Waals surface area contributed by atoms with Crippen LogP contribution >= 0.6 is 0 Å². The minimum Gasteiger partial charge on any atom is -0.478 e. The second-order valence-electron chi connectivity index (χ2n) is 6.57. The molecule has 0 unspecified atom stereocenters. The van der Waals surface area contributed by atoms with E-state index in [0.29, 0.717) is 19.6 Å². The third-order valence-corrected chi connectivity index (χ3v) is 6.51. The van der Waals surface area contributed by atoms with Crippen molar-refractivity contribution < 1.29 is 18.3 Å². The highest BCUT2D eigenvalue weighted by Gasteiger charge is 2.32. The summed E-state index contributed by atoms with van der Waals surface area (Å²) in [6, 6.07) is 6.77. The lowest BCUT2D eigenvalue weighted by molar-refractivity contribution is 0.0696. The molecule has 3 rings (SSSR count). The van der Waals surface area contributed by atoms with Crippen molar-refractivity contribution in [3.8, 4) is 0 Å². The standard InChI is InChI=1S/C18H23N3O4S/c1-2-8-20-13-17(11-19-20)26(24,25)21-9-4-7-16(12-21)14-5-3-6-15(10-14)18(22)23/h3,5-6,10-11,13,16H,2,4,7-9,12H2,1H3,(H,22,23)/t16-/m1/s1. The topological polar surface area (TPSA) is 92.5 Å². The number of aromatic carboxylic acids is 1. The van der Waals surface area contributed by atoms with E-state index in [0.717, 1.165) is 24.8 Å². The van der Waals surface area contributed by atoms with Gasteiger partial charge in [-0.25, -0.2) is 13.2 Å². The number of benzene rings is 1. The third-order valence-electron chi connectivity index (χ3n) is 4.69. The molecule has 2 heterocycles. The van der Waals surface area contributed by atoms with Crippen LogP contribution in [0.25, 0.3) is 0 Å². The van der Waals surface area contributed by atoms with Gasteiger partial charge in [-0.2, -0.15) is 9.40 Å². The lowest BCUT2D eigenvalue weighted by Crippen LogP contribution is -2.39. The van der Waals surface area contributed by atoms with Crippen molar-refractivity contribution in [1.29, 1.82) is 0 Å². The lowest BCUT2D eigenvalue weighted by Gasteiger charge is -2.32. The molecular weight excluding hydrogens is 354 g/mol. The Morgan fingerprint density at radius 2 is 2.19 bits per heavy atom. The Bertz CT molecular complexity index is 891. The summed E-state index contributed by atoms with van der Waals surface area (Å²) in [5.74, 6) is -0.987. The van der Waals surface area contributed by atoms with Gasteiger partial charge in [0.2, 0.25) is 10.0 Å². The van der Waals surface area contributed by atoms with Crippen LogP contribution in [0.1, 0.15) is 48.0 Å². The zero-order chi connectivity index (χ0) is 18.7. The van der Waals surface area contributed by atoms with Crippen LogP contribution < -0.4 is 0 Å². The number of carboxylic acids is 1. The normalized spacial score (nSPS) is 18.7. The molecule has 1 aromatic carbocycles. The first-order chi connectivity index (χ1) is 12.4. The largest absolute Gasteiger partial charge is 0.478 e. The van der Waals surface area contributed by atoms with Gasteiger partial charge in [-0.3, -0.25) is 4.68 Å². The third kappa shape index (κ3) is 3.81. The fraction of sp³-hybridized carbons (Fsp3) is 0.444. The predicted octanol–water partition coefficient (Wildman–Crippen LogP) is 2.56. The second kappa shape index (κ2) is 7.59.